The van der Waals surface area contributed by atoms with Crippen LogP contribution in [0.5, 0.6) is 0 Å². The van der Waals surface area contributed by atoms with Crippen LogP contribution in [0.3, 0.4) is 0 Å². The van der Waals surface area contributed by atoms with Crippen molar-refractivity contribution in [1.29, 1.82) is 0 Å². The van der Waals surface area contributed by atoms with Gasteiger partial charge < -0.3 is 44.2 Å². The predicted molar refractivity (Wildman–Crippen MR) is 180 cm³/mol. The minimum atomic E-state index is -1.46. The van der Waals surface area contributed by atoms with Gasteiger partial charge >= 0.3 is 11.9 Å². The van der Waals surface area contributed by atoms with Crippen LogP contribution in [0.2, 0.25) is 0 Å². The summed E-state index contributed by atoms with van der Waals surface area (Å²) >= 11 is 0. The van der Waals surface area contributed by atoms with Crippen molar-refractivity contribution in [3.8, 4) is 0 Å². The summed E-state index contributed by atoms with van der Waals surface area (Å²) in [5.74, 6) is -3.32. The number of carbonyl (C=O) groups is 2. The summed E-state index contributed by atoms with van der Waals surface area (Å²) in [5.41, 5.74) is -1.34. The Hall–Kier alpha value is -1.89. The zero-order valence-corrected chi connectivity index (χ0v) is 30.5. The Morgan fingerprint density at radius 1 is 1.15 bits per heavy atom. The summed E-state index contributed by atoms with van der Waals surface area (Å²) in [4.78, 5) is 27.9. The molecule has 3 rings (SSSR count). The first kappa shape index (κ1) is 39.5. The molecule has 3 saturated heterocycles. The number of hydrogen-bond donors (Lipinski definition) is 2. The molecular weight excluding hydrogens is 604 g/mol. The van der Waals surface area contributed by atoms with Crippen LogP contribution in [0.4, 0.5) is 0 Å². The van der Waals surface area contributed by atoms with Crippen molar-refractivity contribution in [1.82, 2.24) is 4.90 Å². The molecule has 0 radical (unpaired) electrons. The minimum absolute atomic E-state index is 0.0373. The molecule has 270 valence electrons. The van der Waals surface area contributed by atoms with E-state index in [0.717, 1.165) is 5.57 Å². The van der Waals surface area contributed by atoms with Gasteiger partial charge in [0.05, 0.1) is 42.5 Å². The molecule has 0 amide bonds. The fraction of sp³-hybridized carbons (Fsp3) is 0.861. The summed E-state index contributed by atoms with van der Waals surface area (Å²) in [6, 6.07) is -0.200. The van der Waals surface area contributed by atoms with Gasteiger partial charge in [0.25, 0.3) is 0 Å². The SMILES string of the molecule is C/C=C1\CC[C@@H]2[C@@H](C)C(=[N-])[C@H](C)C[C@@](C)(OC1)[C@H](O[C@@H]1O[C@H](C)C[C@H](N(C)C)[C@H]1OC(C)=O)C[C@H](O)[C@@H](C)C(=O)O[C@H](CC)[C@@]2(C)O. The zero-order chi connectivity index (χ0) is 35.4. The number of aliphatic hydroxyl groups is 2. The molecular formula is C36H61N2O9-. The van der Waals surface area contributed by atoms with Gasteiger partial charge in [-0.1, -0.05) is 26.8 Å². The summed E-state index contributed by atoms with van der Waals surface area (Å²) in [6.07, 6.45) is -0.563. The molecule has 3 heterocycles. The molecule has 0 aromatic rings. The number of nitrogens with zero attached hydrogens (tertiary/aromatic N) is 2. The number of aliphatic hydroxyl groups excluding tert-OH is 1. The Kier molecular flexibility index (Phi) is 13.6. The lowest BCUT2D eigenvalue weighted by Crippen LogP contribution is -2.59. The number of rotatable bonds is 5. The maximum absolute atomic E-state index is 13.6. The topological polar surface area (TPSA) is 146 Å². The first-order valence-electron chi connectivity index (χ1n) is 17.4. The monoisotopic (exact) mass is 665 g/mol. The number of esters is 2. The Bertz CT molecular complexity index is 1130. The molecule has 3 aliphatic rings. The highest BCUT2D eigenvalue weighted by atomic mass is 16.7. The van der Waals surface area contributed by atoms with E-state index in [1.807, 2.05) is 66.6 Å². The predicted octanol–water partition coefficient (Wildman–Crippen LogP) is 4.65. The van der Waals surface area contributed by atoms with E-state index in [0.29, 0.717) is 32.1 Å². The number of hydrogen-bond acceptors (Lipinski definition) is 10. The van der Waals surface area contributed by atoms with E-state index in [4.69, 9.17) is 23.7 Å². The van der Waals surface area contributed by atoms with Gasteiger partial charge in [-0.25, -0.2) is 0 Å². The maximum Gasteiger partial charge on any atom is 0.311 e. The van der Waals surface area contributed by atoms with Crippen LogP contribution in [0.15, 0.2) is 11.6 Å². The number of allylic oxidation sites excluding steroid dienone is 1. The van der Waals surface area contributed by atoms with Crippen LogP contribution in [0.25, 0.3) is 5.41 Å². The van der Waals surface area contributed by atoms with Crippen molar-refractivity contribution in [3.63, 3.8) is 0 Å². The molecule has 3 aliphatic heterocycles. The third-order valence-corrected chi connectivity index (χ3v) is 11.0. The standard InChI is InChI=1S/C36H61N2O9/c1-12-25-14-15-26-22(5)31(37)20(3)18-35(8,43-19-25)30(17-28(40)23(6)33(41)46-29(13-2)36(26,9)42)47-34-32(45-24(7)39)27(38(10)11)16-21(4)44-34/h12,20-23,26-30,32,34,40,42H,13-19H2,1-11H3/q-1/b25-12+/t20-,21-,22-,23-,26-,27+,28+,29-,30-,32-,34+,35-,36+/m1/s1. The van der Waals surface area contributed by atoms with Crippen molar-refractivity contribution in [2.75, 3.05) is 20.7 Å². The highest BCUT2D eigenvalue weighted by Crippen LogP contribution is 2.42. The average molecular weight is 666 g/mol. The van der Waals surface area contributed by atoms with Crippen molar-refractivity contribution in [3.05, 3.63) is 17.1 Å². The van der Waals surface area contributed by atoms with Gasteiger partial charge in [0.2, 0.25) is 0 Å². The largest absolute Gasteiger partial charge is 0.811 e. The lowest BCUT2D eigenvalue weighted by atomic mass is 9.69. The van der Waals surface area contributed by atoms with E-state index >= 15 is 0 Å². The second kappa shape index (κ2) is 16.2. The third-order valence-electron chi connectivity index (χ3n) is 11.0. The third kappa shape index (κ3) is 9.22. The molecule has 3 fully saturated rings. The highest BCUT2D eigenvalue weighted by molar-refractivity contribution is 5.91. The molecule has 2 N–H and O–H groups in total. The van der Waals surface area contributed by atoms with Gasteiger partial charge in [0, 0.05) is 13.3 Å². The molecule has 0 aromatic heterocycles. The summed E-state index contributed by atoms with van der Waals surface area (Å²) in [7, 11) is 3.83. The smallest absolute Gasteiger partial charge is 0.311 e. The van der Waals surface area contributed by atoms with Crippen LogP contribution in [0, 0.1) is 23.7 Å². The maximum atomic E-state index is 13.6. The highest BCUT2D eigenvalue weighted by Gasteiger charge is 2.50. The van der Waals surface area contributed by atoms with E-state index in [2.05, 4.69) is 0 Å². The summed E-state index contributed by atoms with van der Waals surface area (Å²) in [6.45, 7) is 16.4. The van der Waals surface area contributed by atoms with Gasteiger partial charge in [0.1, 0.15) is 11.7 Å². The number of fused-ring (bicyclic) bond motifs is 5. The lowest BCUT2D eigenvalue weighted by Gasteiger charge is -2.48. The van der Waals surface area contributed by atoms with Gasteiger partial charge in [-0.15, -0.1) is 0 Å². The molecule has 11 heteroatoms. The Morgan fingerprint density at radius 3 is 2.38 bits per heavy atom. The molecule has 0 saturated carbocycles. The summed E-state index contributed by atoms with van der Waals surface area (Å²) < 4.78 is 31.7. The molecule has 11 nitrogen and oxygen atoms in total. The molecule has 0 aliphatic carbocycles. The van der Waals surface area contributed by atoms with Gasteiger partial charge in [0.15, 0.2) is 12.4 Å². The molecule has 2 bridgehead atoms. The number of ether oxygens (including phenoxy) is 5. The van der Waals surface area contributed by atoms with E-state index in [1.54, 1.807) is 13.8 Å². The van der Waals surface area contributed by atoms with Crippen molar-refractivity contribution >= 4 is 17.7 Å². The van der Waals surface area contributed by atoms with Crippen molar-refractivity contribution < 1.29 is 43.5 Å². The van der Waals surface area contributed by atoms with Gasteiger partial charge in [-0.3, -0.25) is 9.59 Å². The molecule has 0 spiro atoms. The van der Waals surface area contributed by atoms with Crippen molar-refractivity contribution in [2.24, 2.45) is 23.7 Å². The normalized spacial score (nSPS) is 43.9. The fourth-order valence-electron chi connectivity index (χ4n) is 7.85. The van der Waals surface area contributed by atoms with Crippen LogP contribution in [-0.2, 0) is 33.3 Å². The van der Waals surface area contributed by atoms with Crippen LogP contribution >= 0.6 is 0 Å². The molecule has 0 aromatic carbocycles. The van der Waals surface area contributed by atoms with Gasteiger partial charge in [-0.05, 0) is 104 Å². The first-order valence-corrected chi connectivity index (χ1v) is 17.4. The Morgan fingerprint density at radius 2 is 1.81 bits per heavy atom. The Labute approximate surface area is 282 Å². The van der Waals surface area contributed by atoms with E-state index in [-0.39, 0.29) is 30.9 Å². The van der Waals surface area contributed by atoms with Crippen LogP contribution in [0.1, 0.15) is 101 Å². The second-order valence-electron chi connectivity index (χ2n) is 14.9. The van der Waals surface area contributed by atoms with Crippen LogP contribution < -0.4 is 0 Å². The molecule has 13 atom stereocenters. The number of carbonyl (C=O) groups excluding carboxylic acids is 2. The Balaban J connectivity index is 2.20. The second-order valence-corrected chi connectivity index (χ2v) is 14.9. The lowest BCUT2D eigenvalue weighted by molar-refractivity contribution is -0.297. The quantitative estimate of drug-likeness (QED) is 0.314. The van der Waals surface area contributed by atoms with Crippen molar-refractivity contribution in [2.45, 2.75) is 155 Å². The average Bonchev–Trinajstić information content (AvgIpc) is 3.00. The van der Waals surface area contributed by atoms with E-state index in [9.17, 15) is 25.2 Å². The van der Waals surface area contributed by atoms with Gasteiger partial charge in [-0.2, -0.15) is 5.71 Å². The molecule has 0 unspecified atom stereocenters. The van der Waals surface area contributed by atoms with E-state index < -0.39 is 77.5 Å². The zero-order valence-electron chi connectivity index (χ0n) is 30.5. The van der Waals surface area contributed by atoms with E-state index in [1.165, 1.54) is 6.92 Å². The molecule has 47 heavy (non-hydrogen) atoms. The fourth-order valence-corrected chi connectivity index (χ4v) is 7.85. The van der Waals surface area contributed by atoms with Crippen LogP contribution in [-0.4, -0.2) is 108 Å². The number of cyclic esters (lactones) is 1. The first-order chi connectivity index (χ1) is 21.9. The minimum Gasteiger partial charge on any atom is -0.811 e. The summed E-state index contributed by atoms with van der Waals surface area (Å²) in [5, 5.41) is 35.5. The number of likely N-dealkylation sites (N-methyl/N-ethyl adjacent to an activating group) is 1.